The minimum atomic E-state index is -2.65. The van der Waals surface area contributed by atoms with Gasteiger partial charge in [0, 0.05) is 71.9 Å². The van der Waals surface area contributed by atoms with Gasteiger partial charge < -0.3 is 70.6 Å². The molecule has 0 aliphatic rings. The monoisotopic (exact) mass is 2070 g/mol. The van der Waals surface area contributed by atoms with Crippen LogP contribution in [0, 0.1) is 0 Å². The first-order valence-electron chi connectivity index (χ1n) is 45.3. The van der Waals surface area contributed by atoms with Crippen LogP contribution in [0.25, 0.3) is 111 Å². The third-order valence-corrected chi connectivity index (χ3v) is 21.9. The Balaban J connectivity index is 0.000000163. The summed E-state index contributed by atoms with van der Waals surface area (Å²) in [4.78, 5) is 107. The van der Waals surface area contributed by atoms with Gasteiger partial charge in [0.25, 0.3) is 6.01 Å². The molecule has 0 spiro atoms. The number of hydrogen-bond donors (Lipinski definition) is 3. The average molecular weight is 2080 g/mol. The minimum Gasteiger partial charge on any atom is -0.465 e. The van der Waals surface area contributed by atoms with E-state index in [1.165, 1.54) is 14.2 Å². The number of nitrogens with two attached hydrogens (primary N) is 1. The van der Waals surface area contributed by atoms with E-state index in [1.54, 1.807) is 134 Å². The number of aromatic nitrogens is 5. The predicted octanol–water partition coefficient (Wildman–Crippen LogP) is 26.9. The van der Waals surface area contributed by atoms with Crippen LogP contribution in [0.15, 0.2) is 228 Å². The summed E-state index contributed by atoms with van der Waals surface area (Å²) in [6, 6.07) is 62.0. The number of carbonyl (C=O) groups is 7. The van der Waals surface area contributed by atoms with Crippen molar-refractivity contribution < 1.29 is 103 Å². The number of nitrogens with one attached hydrogen (secondary N) is 1. The molecule has 0 aliphatic heterocycles. The molecule has 16 aromatic rings. The SMILES string of the molecule is CC(C)(C)OC(=O)Cc1nc2c(-c3cccc(Cl)c3)cc(CO)cc2o1.CC(C)(C)OC(=O)Cc1nc2c(-c3cccc(Cl)c3)cc(COP(C)(C)=O)cc2o1.CC(C)(C)OC(=O)Cc1nc2c(-c3cccc(Cl)c3)cc(Cc3ccc(NC(=O)OC(C)(C)C)cc3)cc2o1.COC(=O)c1cc(-c2cccc(Cl)c2)c2nc(CC(=O)OC(C)(C)C)oc2c1.COC(=O)c1cc(-c2cccc(Cl)c2)c2nc(N)oc2c1. The summed E-state index contributed by atoms with van der Waals surface area (Å²) in [5, 5.41) is 15.2. The van der Waals surface area contributed by atoms with E-state index >= 15 is 0 Å². The molecule has 0 atom stereocenters. The molecule has 0 saturated carbocycles. The topological polar surface area (TPSA) is 399 Å². The van der Waals surface area contributed by atoms with Crippen LogP contribution < -0.4 is 11.1 Å². The number of nitrogen functional groups attached to an aromatic ring is 1. The molecule has 0 bridgehead atoms. The molecule has 752 valence electrons. The van der Waals surface area contributed by atoms with E-state index in [2.05, 4.69) is 36.3 Å². The third-order valence-electron chi connectivity index (χ3n) is 20.0. The second-order valence-corrected chi connectivity index (χ2v) is 43.4. The Bertz CT molecular complexity index is 7490. The average Bonchev–Trinajstić information content (AvgIpc) is 1.66. The lowest BCUT2D eigenvalue weighted by Gasteiger charge is -2.19. The number of nitrogens with zero attached hydrogens (tertiary/aromatic N) is 5. The van der Waals surface area contributed by atoms with Gasteiger partial charge in [-0.15, -0.1) is 0 Å². The van der Waals surface area contributed by atoms with Crippen LogP contribution in [0.4, 0.5) is 16.5 Å². The summed E-state index contributed by atoms with van der Waals surface area (Å²) in [5.74, 6) is -1.62. The number of amides is 1. The number of aliphatic hydroxyl groups is 1. The Labute approximate surface area is 856 Å². The van der Waals surface area contributed by atoms with E-state index in [-0.39, 0.29) is 68.5 Å². The molecule has 5 aromatic heterocycles. The second kappa shape index (κ2) is 46.3. The Kier molecular flexibility index (Phi) is 35.1. The zero-order valence-corrected chi connectivity index (χ0v) is 87.4. The number of hydrogen-bond acceptors (Lipinski definition) is 28. The first kappa shape index (κ1) is 109. The van der Waals surface area contributed by atoms with E-state index in [9.17, 15) is 43.2 Å². The van der Waals surface area contributed by atoms with Crippen LogP contribution in [0.5, 0.6) is 0 Å². The number of rotatable bonds is 22. The lowest BCUT2D eigenvalue weighted by atomic mass is 9.98. The van der Waals surface area contributed by atoms with Crippen LogP contribution in [0.1, 0.15) is 170 Å². The van der Waals surface area contributed by atoms with Crippen LogP contribution in [0.2, 0.25) is 25.1 Å². The fraction of sp³-hybridized carbons (Fsp3) is 0.284. The van der Waals surface area contributed by atoms with Gasteiger partial charge >= 0.3 is 41.9 Å². The highest BCUT2D eigenvalue weighted by molar-refractivity contribution is 7.57. The lowest BCUT2D eigenvalue weighted by molar-refractivity contribution is -0.155. The summed E-state index contributed by atoms with van der Waals surface area (Å²) in [5.41, 5.74) is 20.8. The summed E-state index contributed by atoms with van der Waals surface area (Å²) in [7, 11) is -0.0235. The highest BCUT2D eigenvalue weighted by atomic mass is 35.5. The molecular weight excluding hydrogens is 1970 g/mol. The van der Waals surface area contributed by atoms with Crippen molar-refractivity contribution in [2.45, 2.75) is 177 Å². The molecule has 0 radical (unpaired) electrons. The summed E-state index contributed by atoms with van der Waals surface area (Å²) >= 11 is 30.7. The molecular formula is C109H109Cl5N7O22P. The summed E-state index contributed by atoms with van der Waals surface area (Å²) in [6.45, 7) is 30.3. The molecule has 1 amide bonds. The molecule has 29 nitrogen and oxygen atoms in total. The number of benzene rings is 11. The maximum absolute atomic E-state index is 12.4. The van der Waals surface area contributed by atoms with E-state index in [4.69, 9.17) is 124 Å². The highest BCUT2D eigenvalue weighted by Gasteiger charge is 2.29. The van der Waals surface area contributed by atoms with Gasteiger partial charge in [0.2, 0.25) is 23.6 Å². The van der Waals surface area contributed by atoms with Crippen LogP contribution in [-0.4, -0.2) is 127 Å². The number of aliphatic hydroxyl groups excluding tert-OH is 1. The highest BCUT2D eigenvalue weighted by Crippen LogP contribution is 2.43. The van der Waals surface area contributed by atoms with Gasteiger partial charge in [0.05, 0.1) is 38.6 Å². The standard InChI is InChI=1S/C31H33ClN2O5.C22H25ClNO5P.C21H20ClNO5.C20H20ClNO4.C15H11ClN2O3/c1-30(2,3)38-27(35)18-26-34-28-24(21-8-7-9-22(32)17-21)15-20(16-25(28)37-26)14-19-10-12-23(13-11-19)33-29(36)39-31(4,5)6;1-22(2,3)29-20(25)12-19-24-21-17(15-7-6-8-16(23)11-15)9-14(10-18(21)28-19)13-27-30(4,5)26;1-21(2,3)28-18(24)11-17-23-19-15(12-6-5-7-14(22)8-12)9-13(20(25)26-4)10-16(19)27-17;1-20(2,3)26-18(24)10-17-22-19-15(13-5-4-6-14(21)9-13)7-12(11-23)8-16(19)25-17;1-20-14(19)9-6-11(8-3-2-4-10(16)5-8)13-12(7-9)21-15(17)18-13/h7-13,15-17H,14,18H2,1-6H3,(H,33,36);6-11H,12-13H2,1-5H3;5-10H,11H2,1-4H3;4-9,23H,10-11H2,1-3H3;2-7H,1H3,(H2,17,18). The maximum Gasteiger partial charge on any atom is 0.412 e. The van der Waals surface area contributed by atoms with Crippen LogP contribution in [-0.2, 0) is 107 Å². The van der Waals surface area contributed by atoms with E-state index in [0.717, 1.165) is 61.2 Å². The fourth-order valence-electron chi connectivity index (χ4n) is 14.5. The van der Waals surface area contributed by atoms with Gasteiger partial charge in [0.15, 0.2) is 35.3 Å². The maximum atomic E-state index is 12.4. The number of methoxy groups -OCH3 is 2. The van der Waals surface area contributed by atoms with Gasteiger partial charge in [-0.1, -0.05) is 131 Å². The number of oxazole rings is 5. The summed E-state index contributed by atoms with van der Waals surface area (Å²) in [6.07, 6.45) is -0.212. The minimum absolute atomic E-state index is 0.0373. The van der Waals surface area contributed by atoms with Crippen molar-refractivity contribution in [1.29, 1.82) is 0 Å². The molecule has 0 unspecified atom stereocenters. The normalized spacial score (nSPS) is 11.7. The van der Waals surface area contributed by atoms with Crippen LogP contribution in [0.3, 0.4) is 0 Å². The van der Waals surface area contributed by atoms with Crippen molar-refractivity contribution in [2.24, 2.45) is 0 Å². The van der Waals surface area contributed by atoms with Gasteiger partial charge in [-0.3, -0.25) is 29.1 Å². The number of anilines is 2. The number of ether oxygens (including phenoxy) is 7. The van der Waals surface area contributed by atoms with Crippen molar-refractivity contribution in [3.05, 3.63) is 288 Å². The third kappa shape index (κ3) is 31.9. The zero-order valence-electron chi connectivity index (χ0n) is 82.8. The van der Waals surface area contributed by atoms with E-state index in [0.29, 0.717) is 121 Å². The zero-order chi connectivity index (χ0) is 105. The number of fused-ring (bicyclic) bond motifs is 5. The number of esters is 6. The fourth-order valence-corrected chi connectivity index (χ4v) is 16.0. The number of carbonyl (C=O) groups excluding carboxylic acids is 7. The quantitative estimate of drug-likeness (QED) is 0.0322. The van der Waals surface area contributed by atoms with Gasteiger partial charge in [-0.2, -0.15) is 4.98 Å². The largest absolute Gasteiger partial charge is 0.465 e. The Morgan fingerprint density at radius 1 is 0.354 bits per heavy atom. The van der Waals surface area contributed by atoms with E-state index < -0.39 is 77.3 Å². The number of halogens is 5. The molecule has 0 fully saturated rings. The molecule has 5 heterocycles. The molecule has 35 heteroatoms. The summed E-state index contributed by atoms with van der Waals surface area (Å²) < 4.78 is 82.4. The molecule has 11 aromatic carbocycles. The van der Waals surface area contributed by atoms with Crippen LogP contribution >= 0.6 is 65.4 Å². The van der Waals surface area contributed by atoms with Crippen molar-refractivity contribution in [3.63, 3.8) is 0 Å². The van der Waals surface area contributed by atoms with Crippen molar-refractivity contribution in [2.75, 3.05) is 38.6 Å². The second-order valence-electron chi connectivity index (χ2n) is 38.5. The Morgan fingerprint density at radius 3 is 0.944 bits per heavy atom. The van der Waals surface area contributed by atoms with Gasteiger partial charge in [0.1, 0.15) is 81.3 Å². The van der Waals surface area contributed by atoms with Crippen molar-refractivity contribution in [1.82, 2.24) is 24.9 Å². The van der Waals surface area contributed by atoms with Crippen molar-refractivity contribution in [3.8, 4) is 55.6 Å². The molecule has 16 rings (SSSR count). The Hall–Kier alpha value is -13.7. The van der Waals surface area contributed by atoms with Gasteiger partial charge in [-0.05, 0) is 294 Å². The van der Waals surface area contributed by atoms with Gasteiger partial charge in [-0.25, -0.2) is 34.3 Å². The Morgan fingerprint density at radius 2 is 0.639 bits per heavy atom. The molecule has 0 aliphatic carbocycles. The first-order valence-corrected chi connectivity index (χ1v) is 49.7. The van der Waals surface area contributed by atoms with Crippen molar-refractivity contribution >= 4 is 174 Å². The van der Waals surface area contributed by atoms with E-state index in [1.807, 2.05) is 184 Å². The molecule has 0 saturated heterocycles. The lowest BCUT2D eigenvalue weighted by Crippen LogP contribution is -2.27. The molecule has 144 heavy (non-hydrogen) atoms. The first-order chi connectivity index (χ1) is 67.6. The predicted molar refractivity (Wildman–Crippen MR) is 557 cm³/mol. The smallest absolute Gasteiger partial charge is 0.412 e. The molecule has 4 N–H and O–H groups in total.